The third-order valence-electron chi connectivity index (χ3n) is 4.01. The average Bonchev–Trinajstić information content (AvgIpc) is 2.58. The van der Waals surface area contributed by atoms with Gasteiger partial charge in [-0.25, -0.2) is 0 Å². The number of aryl methyl sites for hydroxylation is 2. The number of amides is 1. The van der Waals surface area contributed by atoms with Gasteiger partial charge in [-0.2, -0.15) is 0 Å². The first-order valence-electron chi connectivity index (χ1n) is 8.32. The average molecular weight is 357 g/mol. The third-order valence-corrected chi connectivity index (χ3v) is 4.01. The zero-order valence-corrected chi connectivity index (χ0v) is 15.4. The number of nitrogens with one attached hydrogen (secondary N) is 1. The SMILES string of the molecule is CCOc1cc(N(C)CC(=O)Nc2c(C)cccc2C)ccc1[N+](=O)[O-]. The van der Waals surface area contributed by atoms with Crippen LogP contribution < -0.4 is 15.0 Å². The number of likely N-dealkylation sites (N-methyl/N-ethyl adjacent to an activating group) is 1. The summed E-state index contributed by atoms with van der Waals surface area (Å²) in [4.78, 5) is 24.7. The molecule has 0 aliphatic carbocycles. The molecule has 1 N–H and O–H groups in total. The van der Waals surface area contributed by atoms with Crippen molar-refractivity contribution in [3.05, 3.63) is 57.6 Å². The first kappa shape index (κ1) is 19.2. The predicted octanol–water partition coefficient (Wildman–Crippen LogP) is 3.69. The zero-order chi connectivity index (χ0) is 19.3. The Morgan fingerprint density at radius 3 is 2.46 bits per heavy atom. The zero-order valence-electron chi connectivity index (χ0n) is 15.4. The molecule has 2 aromatic carbocycles. The van der Waals surface area contributed by atoms with Crippen LogP contribution in [0.5, 0.6) is 5.75 Å². The minimum absolute atomic E-state index is 0.0935. The molecule has 0 radical (unpaired) electrons. The molecule has 2 rings (SSSR count). The third kappa shape index (κ3) is 4.50. The van der Waals surface area contributed by atoms with Crippen molar-refractivity contribution in [2.75, 3.05) is 30.4 Å². The molecule has 0 unspecified atom stereocenters. The summed E-state index contributed by atoms with van der Waals surface area (Å²) in [6, 6.07) is 10.4. The van der Waals surface area contributed by atoms with Gasteiger partial charge in [-0.1, -0.05) is 18.2 Å². The molecule has 7 heteroatoms. The summed E-state index contributed by atoms with van der Waals surface area (Å²) in [5.41, 5.74) is 3.37. The number of hydrogen-bond acceptors (Lipinski definition) is 5. The van der Waals surface area contributed by atoms with Gasteiger partial charge >= 0.3 is 5.69 Å². The number of anilines is 2. The lowest BCUT2D eigenvalue weighted by Gasteiger charge is -2.20. The van der Waals surface area contributed by atoms with Crippen LogP contribution >= 0.6 is 0 Å². The summed E-state index contributed by atoms with van der Waals surface area (Å²) >= 11 is 0. The van der Waals surface area contributed by atoms with Gasteiger partial charge < -0.3 is 15.0 Å². The van der Waals surface area contributed by atoms with Crippen molar-refractivity contribution in [1.29, 1.82) is 0 Å². The van der Waals surface area contributed by atoms with Crippen LogP contribution in [-0.4, -0.2) is 31.0 Å². The molecule has 26 heavy (non-hydrogen) atoms. The second-order valence-corrected chi connectivity index (χ2v) is 6.01. The van der Waals surface area contributed by atoms with Crippen molar-refractivity contribution in [3.63, 3.8) is 0 Å². The second kappa shape index (κ2) is 8.33. The van der Waals surface area contributed by atoms with Gasteiger partial charge in [-0.05, 0) is 38.0 Å². The molecule has 7 nitrogen and oxygen atoms in total. The Labute approximate surface area is 152 Å². The molecule has 1 amide bonds. The van der Waals surface area contributed by atoms with Crippen LogP contribution in [-0.2, 0) is 4.79 Å². The number of nitro groups is 1. The molecular weight excluding hydrogens is 334 g/mol. The molecule has 0 fully saturated rings. The lowest BCUT2D eigenvalue weighted by Crippen LogP contribution is -2.30. The number of hydrogen-bond donors (Lipinski definition) is 1. The van der Waals surface area contributed by atoms with E-state index < -0.39 is 4.92 Å². The lowest BCUT2D eigenvalue weighted by molar-refractivity contribution is -0.385. The maximum atomic E-state index is 12.4. The topological polar surface area (TPSA) is 84.7 Å². The highest BCUT2D eigenvalue weighted by molar-refractivity contribution is 5.95. The van der Waals surface area contributed by atoms with Crippen LogP contribution in [0.4, 0.5) is 17.1 Å². The largest absolute Gasteiger partial charge is 0.487 e. The predicted molar refractivity (Wildman–Crippen MR) is 102 cm³/mol. The highest BCUT2D eigenvalue weighted by Gasteiger charge is 2.18. The van der Waals surface area contributed by atoms with Crippen molar-refractivity contribution in [3.8, 4) is 5.75 Å². The van der Waals surface area contributed by atoms with Crippen LogP contribution in [0.1, 0.15) is 18.1 Å². The van der Waals surface area contributed by atoms with Crippen LogP contribution in [0.15, 0.2) is 36.4 Å². The van der Waals surface area contributed by atoms with Crippen molar-refractivity contribution in [2.45, 2.75) is 20.8 Å². The molecule has 0 aromatic heterocycles. The van der Waals surface area contributed by atoms with E-state index in [0.29, 0.717) is 12.3 Å². The summed E-state index contributed by atoms with van der Waals surface area (Å²) in [6.07, 6.45) is 0. The molecule has 0 atom stereocenters. The molecule has 2 aromatic rings. The quantitative estimate of drug-likeness (QED) is 0.603. The van der Waals surface area contributed by atoms with Gasteiger partial charge in [-0.15, -0.1) is 0 Å². The number of rotatable bonds is 7. The van der Waals surface area contributed by atoms with Gasteiger partial charge in [0.15, 0.2) is 5.75 Å². The van der Waals surface area contributed by atoms with Crippen molar-refractivity contribution < 1.29 is 14.5 Å². The van der Waals surface area contributed by atoms with Crippen molar-refractivity contribution in [2.24, 2.45) is 0 Å². The first-order chi connectivity index (χ1) is 12.3. The van der Waals surface area contributed by atoms with E-state index in [9.17, 15) is 14.9 Å². The van der Waals surface area contributed by atoms with Crippen LogP contribution in [0.2, 0.25) is 0 Å². The Hall–Kier alpha value is -3.09. The lowest BCUT2D eigenvalue weighted by atomic mass is 10.1. The van der Waals surface area contributed by atoms with Gasteiger partial charge in [0, 0.05) is 30.6 Å². The van der Waals surface area contributed by atoms with E-state index in [1.807, 2.05) is 32.0 Å². The van der Waals surface area contributed by atoms with Crippen molar-refractivity contribution >= 4 is 23.0 Å². The number of nitro benzene ring substituents is 1. The summed E-state index contributed by atoms with van der Waals surface area (Å²) in [5.74, 6) is 0.0261. The van der Waals surface area contributed by atoms with Gasteiger partial charge in [0.05, 0.1) is 18.1 Å². The van der Waals surface area contributed by atoms with Crippen molar-refractivity contribution in [1.82, 2.24) is 0 Å². The van der Waals surface area contributed by atoms with Gasteiger partial charge in [0.2, 0.25) is 5.91 Å². The van der Waals surface area contributed by atoms with E-state index in [2.05, 4.69) is 5.32 Å². The fraction of sp³-hybridized carbons (Fsp3) is 0.316. The summed E-state index contributed by atoms with van der Waals surface area (Å²) in [5, 5.41) is 14.0. The molecule has 0 aliphatic heterocycles. The Morgan fingerprint density at radius 2 is 1.88 bits per heavy atom. The minimum atomic E-state index is -0.484. The first-order valence-corrected chi connectivity index (χ1v) is 8.32. The standard InChI is InChI=1S/C19H23N3O4/c1-5-26-17-11-15(9-10-16(17)22(24)25)21(4)12-18(23)20-19-13(2)7-6-8-14(19)3/h6-11H,5,12H2,1-4H3,(H,20,23). The van der Waals surface area contributed by atoms with Gasteiger partial charge in [0.1, 0.15) is 0 Å². The van der Waals surface area contributed by atoms with E-state index >= 15 is 0 Å². The maximum absolute atomic E-state index is 12.4. The smallest absolute Gasteiger partial charge is 0.311 e. The number of carbonyl (C=O) groups excluding carboxylic acids is 1. The Kier molecular flexibility index (Phi) is 6.16. The Morgan fingerprint density at radius 1 is 1.23 bits per heavy atom. The monoisotopic (exact) mass is 357 g/mol. The van der Waals surface area contributed by atoms with E-state index in [1.165, 1.54) is 6.07 Å². The molecule has 0 saturated heterocycles. The number of carbonyl (C=O) groups is 1. The normalized spacial score (nSPS) is 10.3. The fourth-order valence-corrected chi connectivity index (χ4v) is 2.66. The maximum Gasteiger partial charge on any atom is 0.311 e. The molecule has 0 heterocycles. The van der Waals surface area contributed by atoms with Crippen LogP contribution in [0.3, 0.4) is 0 Å². The number of benzene rings is 2. The van der Waals surface area contributed by atoms with E-state index in [0.717, 1.165) is 16.8 Å². The molecule has 0 spiro atoms. The van der Waals surface area contributed by atoms with Gasteiger partial charge in [0.25, 0.3) is 0 Å². The molecular formula is C19H23N3O4. The highest BCUT2D eigenvalue weighted by atomic mass is 16.6. The van der Waals surface area contributed by atoms with E-state index in [-0.39, 0.29) is 23.9 Å². The van der Waals surface area contributed by atoms with Gasteiger partial charge in [-0.3, -0.25) is 14.9 Å². The van der Waals surface area contributed by atoms with Crippen LogP contribution in [0.25, 0.3) is 0 Å². The molecule has 0 bridgehead atoms. The molecule has 0 aliphatic rings. The van der Waals surface area contributed by atoms with E-state index in [1.54, 1.807) is 31.0 Å². The molecule has 138 valence electrons. The fourth-order valence-electron chi connectivity index (χ4n) is 2.66. The number of nitrogens with zero attached hydrogens (tertiary/aromatic N) is 2. The number of para-hydroxylation sites is 1. The highest BCUT2D eigenvalue weighted by Crippen LogP contribution is 2.31. The second-order valence-electron chi connectivity index (χ2n) is 6.01. The van der Waals surface area contributed by atoms with Crippen LogP contribution in [0, 0.1) is 24.0 Å². The summed E-state index contributed by atoms with van der Waals surface area (Å²) in [6.45, 7) is 6.07. The van der Waals surface area contributed by atoms with E-state index in [4.69, 9.17) is 4.74 Å². The summed E-state index contributed by atoms with van der Waals surface area (Å²) < 4.78 is 5.35. The Bertz CT molecular complexity index is 800. The number of ether oxygens (including phenoxy) is 1. The molecule has 0 saturated carbocycles. The minimum Gasteiger partial charge on any atom is -0.487 e. The Balaban J connectivity index is 2.14. The summed E-state index contributed by atoms with van der Waals surface area (Å²) in [7, 11) is 1.75.